The van der Waals surface area contributed by atoms with Crippen LogP contribution in [-0.2, 0) is 0 Å². The Labute approximate surface area is 226 Å². The zero-order chi connectivity index (χ0) is 26.1. The summed E-state index contributed by atoms with van der Waals surface area (Å²) >= 11 is 0. The normalized spacial score (nSPS) is 11.8. The van der Waals surface area contributed by atoms with Gasteiger partial charge in [-0.1, -0.05) is 97.1 Å². The van der Waals surface area contributed by atoms with Gasteiger partial charge < -0.3 is 4.42 Å². The molecule has 184 valence electrons. The van der Waals surface area contributed by atoms with E-state index in [9.17, 15) is 0 Å². The minimum atomic E-state index is 0.656. The summed E-state index contributed by atoms with van der Waals surface area (Å²) in [5.41, 5.74) is 10.2. The lowest BCUT2D eigenvalue weighted by Gasteiger charge is -2.19. The number of oxazole rings is 1. The molecule has 0 fully saturated rings. The zero-order valence-corrected chi connectivity index (χ0v) is 21.8. The highest BCUT2D eigenvalue weighted by Gasteiger charge is 2.21. The number of rotatable bonds is 3. The lowest BCUT2D eigenvalue weighted by molar-refractivity contribution is 0.620. The van der Waals surface area contributed by atoms with Crippen molar-refractivity contribution in [3.05, 3.63) is 126 Å². The number of para-hydroxylation sites is 2. The molecule has 2 nitrogen and oxygen atoms in total. The maximum atomic E-state index is 6.36. The molecule has 0 aliphatic carbocycles. The average molecular weight is 500 g/mol. The first-order chi connectivity index (χ1) is 19.2. The highest BCUT2D eigenvalue weighted by atomic mass is 16.3. The monoisotopic (exact) mass is 499 g/mol. The van der Waals surface area contributed by atoms with Crippen LogP contribution in [0.25, 0.3) is 77.1 Å². The van der Waals surface area contributed by atoms with Gasteiger partial charge in [-0.05, 0) is 97.7 Å². The van der Waals surface area contributed by atoms with Gasteiger partial charge in [-0.15, -0.1) is 0 Å². The van der Waals surface area contributed by atoms with Crippen molar-refractivity contribution in [2.45, 2.75) is 13.8 Å². The molecule has 8 rings (SSSR count). The third-order valence-electron chi connectivity index (χ3n) is 8.18. The molecule has 0 radical (unpaired) electrons. The van der Waals surface area contributed by atoms with E-state index in [1.54, 1.807) is 0 Å². The molecule has 0 unspecified atom stereocenters. The Morgan fingerprint density at radius 3 is 1.82 bits per heavy atom. The Bertz CT molecular complexity index is 2170. The molecule has 8 aromatic rings. The van der Waals surface area contributed by atoms with Crippen molar-refractivity contribution >= 4 is 43.4 Å². The molecule has 1 aromatic heterocycles. The van der Waals surface area contributed by atoms with Crippen LogP contribution in [0.4, 0.5) is 0 Å². The van der Waals surface area contributed by atoms with E-state index >= 15 is 0 Å². The largest absolute Gasteiger partial charge is 0.436 e. The maximum absolute atomic E-state index is 6.36. The fourth-order valence-electron chi connectivity index (χ4n) is 6.27. The number of hydrogen-bond donors (Lipinski definition) is 0. The topological polar surface area (TPSA) is 26.0 Å². The Kier molecular flexibility index (Phi) is 4.68. The van der Waals surface area contributed by atoms with Crippen LogP contribution in [-0.4, -0.2) is 4.98 Å². The number of aromatic nitrogens is 1. The summed E-state index contributed by atoms with van der Waals surface area (Å²) in [7, 11) is 0. The van der Waals surface area contributed by atoms with E-state index in [0.717, 1.165) is 22.0 Å². The van der Waals surface area contributed by atoms with E-state index in [1.807, 2.05) is 24.3 Å². The quantitative estimate of drug-likeness (QED) is 0.226. The summed E-state index contributed by atoms with van der Waals surface area (Å²) in [6.45, 7) is 4.37. The van der Waals surface area contributed by atoms with Gasteiger partial charge in [-0.25, -0.2) is 4.98 Å². The van der Waals surface area contributed by atoms with Gasteiger partial charge >= 0.3 is 0 Å². The van der Waals surface area contributed by atoms with Gasteiger partial charge in [0.1, 0.15) is 5.52 Å². The van der Waals surface area contributed by atoms with Crippen LogP contribution in [0.5, 0.6) is 0 Å². The first kappa shape index (κ1) is 22.1. The number of aryl methyl sites for hydroxylation is 2. The summed E-state index contributed by atoms with van der Waals surface area (Å²) in [5, 5.41) is 7.47. The van der Waals surface area contributed by atoms with Crippen molar-refractivity contribution in [2.75, 3.05) is 0 Å². The van der Waals surface area contributed by atoms with E-state index in [2.05, 4.69) is 105 Å². The Morgan fingerprint density at radius 1 is 0.487 bits per heavy atom. The van der Waals surface area contributed by atoms with E-state index in [1.165, 1.54) is 60.3 Å². The number of hydrogen-bond acceptors (Lipinski definition) is 2. The molecule has 2 heteroatoms. The lowest BCUT2D eigenvalue weighted by atomic mass is 9.84. The fraction of sp³-hybridized carbons (Fsp3) is 0.0541. The molecule has 1 heterocycles. The van der Waals surface area contributed by atoms with Crippen molar-refractivity contribution in [2.24, 2.45) is 0 Å². The summed E-state index contributed by atoms with van der Waals surface area (Å²) < 4.78 is 6.36. The van der Waals surface area contributed by atoms with Gasteiger partial charge in [-0.3, -0.25) is 0 Å². The van der Waals surface area contributed by atoms with Crippen molar-refractivity contribution in [3.8, 4) is 33.7 Å². The zero-order valence-electron chi connectivity index (χ0n) is 21.8. The van der Waals surface area contributed by atoms with Gasteiger partial charge in [0.15, 0.2) is 5.58 Å². The van der Waals surface area contributed by atoms with Gasteiger partial charge in [0.05, 0.1) is 0 Å². The predicted octanol–water partition coefficient (Wildman–Crippen LogP) is 10.3. The second-order valence-corrected chi connectivity index (χ2v) is 10.4. The lowest BCUT2D eigenvalue weighted by Crippen LogP contribution is -1.93. The molecule has 0 spiro atoms. The van der Waals surface area contributed by atoms with Crippen molar-refractivity contribution < 1.29 is 4.42 Å². The highest BCUT2D eigenvalue weighted by Crippen LogP contribution is 2.46. The number of nitrogens with zero attached hydrogens (tertiary/aromatic N) is 1. The molecule has 0 N–H and O–H groups in total. The van der Waals surface area contributed by atoms with Crippen LogP contribution in [0, 0.1) is 13.8 Å². The Morgan fingerprint density at radius 2 is 1.08 bits per heavy atom. The molecule has 0 atom stereocenters. The first-order valence-corrected chi connectivity index (χ1v) is 13.4. The SMILES string of the molecule is Cc1ccccc1-c1ccc2ccc3c(-c4ccccc4C)cc(-c4nc5ccccc5o4)c4ccc1c2c43. The van der Waals surface area contributed by atoms with Crippen LogP contribution in [0.1, 0.15) is 11.1 Å². The molecule has 39 heavy (non-hydrogen) atoms. The number of benzene rings is 7. The average Bonchev–Trinajstić information content (AvgIpc) is 3.40. The molecular weight excluding hydrogens is 474 g/mol. The summed E-state index contributed by atoms with van der Waals surface area (Å²) in [5.74, 6) is 0.656. The summed E-state index contributed by atoms with van der Waals surface area (Å²) in [6.07, 6.45) is 0. The molecule has 0 aliphatic rings. The van der Waals surface area contributed by atoms with E-state index < -0.39 is 0 Å². The van der Waals surface area contributed by atoms with Gasteiger partial charge in [0.25, 0.3) is 0 Å². The molecule has 0 saturated carbocycles. The van der Waals surface area contributed by atoms with Crippen molar-refractivity contribution in [1.82, 2.24) is 4.98 Å². The maximum Gasteiger partial charge on any atom is 0.227 e. The number of fused-ring (bicyclic) bond motifs is 1. The molecule has 7 aromatic carbocycles. The smallest absolute Gasteiger partial charge is 0.227 e. The highest BCUT2D eigenvalue weighted by molar-refractivity contribution is 6.29. The van der Waals surface area contributed by atoms with Crippen LogP contribution in [0.2, 0.25) is 0 Å². The molecule has 0 amide bonds. The van der Waals surface area contributed by atoms with Crippen LogP contribution >= 0.6 is 0 Å². The minimum absolute atomic E-state index is 0.656. The van der Waals surface area contributed by atoms with Gasteiger partial charge in [0.2, 0.25) is 5.89 Å². The van der Waals surface area contributed by atoms with E-state index in [4.69, 9.17) is 9.40 Å². The second kappa shape index (κ2) is 8.28. The van der Waals surface area contributed by atoms with Crippen LogP contribution in [0.15, 0.2) is 120 Å². The third-order valence-corrected chi connectivity index (χ3v) is 8.18. The van der Waals surface area contributed by atoms with Gasteiger partial charge in [0, 0.05) is 5.56 Å². The Hall–Kier alpha value is -4.95. The molecular formula is C37H25NO. The van der Waals surface area contributed by atoms with Crippen molar-refractivity contribution in [1.29, 1.82) is 0 Å². The second-order valence-electron chi connectivity index (χ2n) is 10.4. The van der Waals surface area contributed by atoms with E-state index in [0.29, 0.717) is 5.89 Å². The minimum Gasteiger partial charge on any atom is -0.436 e. The van der Waals surface area contributed by atoms with Crippen LogP contribution < -0.4 is 0 Å². The standard InChI is InChI=1S/C37H25NO/c1-22-9-3-5-11-25(22)27-17-15-24-16-18-29-31(26-12-6-4-10-23(26)2)21-32(30-20-19-28(27)35(24)36(29)30)37-38-33-13-7-8-14-34(33)39-37/h3-21H,1-2H3. The fourth-order valence-corrected chi connectivity index (χ4v) is 6.27. The molecule has 0 saturated heterocycles. The molecule has 0 aliphatic heterocycles. The Balaban J connectivity index is 1.55. The van der Waals surface area contributed by atoms with E-state index in [-0.39, 0.29) is 0 Å². The summed E-state index contributed by atoms with van der Waals surface area (Å²) in [4.78, 5) is 4.93. The van der Waals surface area contributed by atoms with Crippen LogP contribution in [0.3, 0.4) is 0 Å². The summed E-state index contributed by atoms with van der Waals surface area (Å²) in [6, 6.07) is 41.2. The molecule has 0 bridgehead atoms. The van der Waals surface area contributed by atoms with Gasteiger partial charge in [-0.2, -0.15) is 0 Å². The predicted molar refractivity (Wildman–Crippen MR) is 163 cm³/mol. The first-order valence-electron chi connectivity index (χ1n) is 13.4. The van der Waals surface area contributed by atoms with Crippen molar-refractivity contribution in [3.63, 3.8) is 0 Å². The third kappa shape index (κ3) is 3.25.